The maximum Gasteiger partial charge on any atom is 0.321 e. The van der Waals surface area contributed by atoms with Gasteiger partial charge in [0.1, 0.15) is 0 Å². The van der Waals surface area contributed by atoms with Crippen LogP contribution in [0.15, 0.2) is 0 Å². The van der Waals surface area contributed by atoms with Crippen molar-refractivity contribution in [2.45, 2.75) is 0 Å². The van der Waals surface area contributed by atoms with Gasteiger partial charge in [0.25, 0.3) is 6.47 Å². The molecule has 0 atom stereocenters. The van der Waals surface area contributed by atoms with Gasteiger partial charge in [-0.3, -0.25) is 4.79 Å². The highest BCUT2D eigenvalue weighted by atomic mass is 32.1. The summed E-state index contributed by atoms with van der Waals surface area (Å²) in [6.45, 7) is 0.280. The van der Waals surface area contributed by atoms with Crippen molar-refractivity contribution in [1.29, 1.82) is 0 Å². The molecule has 0 aromatic carbocycles. The fourth-order valence-corrected chi connectivity index (χ4v) is 0.511. The summed E-state index contributed by atoms with van der Waals surface area (Å²) in [5.41, 5.74) is 0. The van der Waals surface area contributed by atoms with Crippen LogP contribution in [0.25, 0.3) is 0 Å². The van der Waals surface area contributed by atoms with Gasteiger partial charge in [-0.1, -0.05) is 9.59 Å². The molecule has 0 unspecified atom stereocenters. The topological polar surface area (TPSA) is 65.0 Å². The second-order valence-electron chi connectivity index (χ2n) is 0.842. The summed E-state index contributed by atoms with van der Waals surface area (Å²) < 4.78 is 7.59. The first-order valence-corrected chi connectivity index (χ1v) is 2.46. The van der Waals surface area contributed by atoms with Gasteiger partial charge >= 0.3 is 5.19 Å². The van der Waals surface area contributed by atoms with E-state index >= 15 is 0 Å². The zero-order chi connectivity index (χ0) is 5.82. The number of hydrogen-bond donors (Lipinski definition) is 0. The number of carbonyl (C=O) groups excluding carboxylic acids is 1. The van der Waals surface area contributed by atoms with Crippen molar-refractivity contribution in [3.8, 4) is 5.19 Å². The smallest absolute Gasteiger partial charge is 0.321 e. The highest BCUT2D eigenvalue weighted by Gasteiger charge is 1.93. The Morgan fingerprint density at radius 3 is 3.12 bits per heavy atom. The molecule has 0 bridgehead atoms. The molecule has 0 radical (unpaired) electrons. The summed E-state index contributed by atoms with van der Waals surface area (Å²) in [7, 11) is 0. The summed E-state index contributed by atoms with van der Waals surface area (Å²) in [5, 5.41) is 6.65. The van der Waals surface area contributed by atoms with Crippen molar-refractivity contribution < 1.29 is 9.53 Å². The van der Waals surface area contributed by atoms with E-state index in [2.05, 4.69) is 19.5 Å². The zero-order valence-corrected chi connectivity index (χ0v) is 4.46. The molecule has 1 aromatic heterocycles. The lowest BCUT2D eigenvalue weighted by atomic mass is 11.3. The van der Waals surface area contributed by atoms with Gasteiger partial charge in [-0.05, 0) is 5.21 Å². The molecule has 0 aliphatic rings. The quantitative estimate of drug-likeness (QED) is 0.505. The molecule has 0 amide bonds. The van der Waals surface area contributed by atoms with Crippen molar-refractivity contribution in [3.05, 3.63) is 0 Å². The van der Waals surface area contributed by atoms with Crippen molar-refractivity contribution in [2.24, 2.45) is 0 Å². The van der Waals surface area contributed by atoms with Crippen LogP contribution >= 0.6 is 11.5 Å². The van der Waals surface area contributed by atoms with Gasteiger partial charge in [0.15, 0.2) is 0 Å². The molecule has 0 spiro atoms. The highest BCUT2D eigenvalue weighted by Crippen LogP contribution is 2.05. The minimum Gasteiger partial charge on any atom is -0.398 e. The Kier molecular flexibility index (Phi) is 1.48. The lowest BCUT2D eigenvalue weighted by Gasteiger charge is -1.78. The Morgan fingerprint density at radius 1 is 1.75 bits per heavy atom. The Bertz CT molecular complexity index is 162. The van der Waals surface area contributed by atoms with Crippen LogP contribution in [0.2, 0.25) is 0 Å². The average Bonchev–Trinajstić information content (AvgIpc) is 2.19. The molecule has 0 fully saturated rings. The van der Waals surface area contributed by atoms with Crippen LogP contribution in [0.4, 0.5) is 0 Å². The van der Waals surface area contributed by atoms with Gasteiger partial charge in [0, 0.05) is 11.5 Å². The third kappa shape index (κ3) is 0.969. The van der Waals surface area contributed by atoms with E-state index in [0.717, 1.165) is 11.5 Å². The molecule has 8 heavy (non-hydrogen) atoms. The third-order valence-electron chi connectivity index (χ3n) is 0.431. The van der Waals surface area contributed by atoms with Crippen molar-refractivity contribution in [3.63, 3.8) is 0 Å². The van der Waals surface area contributed by atoms with E-state index in [1.807, 2.05) is 0 Å². The van der Waals surface area contributed by atoms with Gasteiger partial charge < -0.3 is 4.74 Å². The van der Waals surface area contributed by atoms with E-state index in [1.54, 1.807) is 0 Å². The number of rotatable bonds is 2. The molecule has 0 N–H and O–H groups in total. The number of ether oxygens (including phenoxy) is 1. The Labute approximate surface area is 48.4 Å². The lowest BCUT2D eigenvalue weighted by molar-refractivity contribution is -0.120. The van der Waals surface area contributed by atoms with Gasteiger partial charge in [-0.15, -0.1) is 0 Å². The molecule has 0 aliphatic carbocycles. The molecule has 1 heterocycles. The van der Waals surface area contributed by atoms with E-state index in [0.29, 0.717) is 0 Å². The summed E-state index contributed by atoms with van der Waals surface area (Å²) in [6, 6.07) is 0. The predicted molar refractivity (Wildman–Crippen MR) is 24.4 cm³/mol. The molecule has 0 aliphatic heterocycles. The van der Waals surface area contributed by atoms with Gasteiger partial charge in [-0.2, -0.15) is 0 Å². The Balaban J connectivity index is 2.62. The minimum absolute atomic E-state index is 0.167. The van der Waals surface area contributed by atoms with Crippen molar-refractivity contribution in [2.75, 3.05) is 0 Å². The molecule has 42 valence electrons. The van der Waals surface area contributed by atoms with Crippen molar-refractivity contribution in [1.82, 2.24) is 14.8 Å². The van der Waals surface area contributed by atoms with Gasteiger partial charge in [-0.25, -0.2) is 0 Å². The first kappa shape index (κ1) is 5.10. The monoisotopic (exact) mass is 131 g/mol. The maximum absolute atomic E-state index is 9.56. The molecule has 6 heteroatoms. The van der Waals surface area contributed by atoms with Crippen LogP contribution < -0.4 is 4.74 Å². The number of nitrogens with zero attached hydrogens (tertiary/aromatic N) is 3. The largest absolute Gasteiger partial charge is 0.398 e. The summed E-state index contributed by atoms with van der Waals surface area (Å²) in [5.74, 6) is 0. The van der Waals surface area contributed by atoms with Crippen LogP contribution in [0.1, 0.15) is 0 Å². The van der Waals surface area contributed by atoms with E-state index in [1.165, 1.54) is 0 Å². The minimum atomic E-state index is 0.167. The molecule has 1 aromatic rings. The molecule has 1 rings (SSSR count). The average molecular weight is 131 g/mol. The lowest BCUT2D eigenvalue weighted by Crippen LogP contribution is -1.86. The number of hydrogen-bond acceptors (Lipinski definition) is 6. The van der Waals surface area contributed by atoms with Crippen LogP contribution in [-0.4, -0.2) is 21.3 Å². The zero-order valence-electron chi connectivity index (χ0n) is 3.64. The fourth-order valence-electron chi connectivity index (χ4n) is 0.212. The van der Waals surface area contributed by atoms with E-state index in [-0.39, 0.29) is 11.7 Å². The van der Waals surface area contributed by atoms with E-state index in [9.17, 15) is 4.79 Å². The molecular weight excluding hydrogens is 130 g/mol. The first-order chi connectivity index (χ1) is 3.93. The van der Waals surface area contributed by atoms with Crippen LogP contribution in [-0.2, 0) is 4.79 Å². The standard InChI is InChI=1S/C2HN3O2S/c6-1-7-2-3-4-5-8-2/h1H. The van der Waals surface area contributed by atoms with Crippen LogP contribution in [0.3, 0.4) is 0 Å². The Morgan fingerprint density at radius 2 is 2.62 bits per heavy atom. The van der Waals surface area contributed by atoms with E-state index < -0.39 is 0 Å². The summed E-state index contributed by atoms with van der Waals surface area (Å²) in [6.07, 6.45) is 0. The summed E-state index contributed by atoms with van der Waals surface area (Å²) in [4.78, 5) is 9.56. The molecule has 0 saturated heterocycles. The first-order valence-electron chi connectivity index (χ1n) is 1.69. The van der Waals surface area contributed by atoms with Gasteiger partial charge in [0.05, 0.1) is 0 Å². The van der Waals surface area contributed by atoms with E-state index in [4.69, 9.17) is 0 Å². The molecule has 5 nitrogen and oxygen atoms in total. The number of aromatic nitrogens is 3. The van der Waals surface area contributed by atoms with Crippen LogP contribution in [0, 0.1) is 0 Å². The maximum atomic E-state index is 9.56. The second kappa shape index (κ2) is 2.31. The van der Waals surface area contributed by atoms with Gasteiger partial charge in [0.2, 0.25) is 0 Å². The van der Waals surface area contributed by atoms with Crippen LogP contribution in [0.5, 0.6) is 5.19 Å². The van der Waals surface area contributed by atoms with Crippen molar-refractivity contribution >= 4 is 18.0 Å². The SMILES string of the molecule is O=COc1nnns1. The summed E-state index contributed by atoms with van der Waals surface area (Å²) >= 11 is 0.922. The number of carbonyl (C=O) groups is 1. The molecular formula is C2HN3O2S. The second-order valence-corrected chi connectivity index (χ2v) is 1.54. The fraction of sp³-hybridized carbons (Fsp3) is 0. The molecule has 0 saturated carbocycles. The third-order valence-corrected chi connectivity index (χ3v) is 0.919. The normalized spacial score (nSPS) is 8.50. The predicted octanol–water partition coefficient (Wildman–Crippen LogP) is -0.532. The Hall–Kier alpha value is -1.04. The highest BCUT2D eigenvalue weighted by molar-refractivity contribution is 7.07.